The molecular formula is C42H59ClN6O10. The third-order valence-corrected chi connectivity index (χ3v) is 12.9. The number of morpholine rings is 1. The maximum atomic E-state index is 14.7. The summed E-state index contributed by atoms with van der Waals surface area (Å²) < 4.78 is 29.3. The SMILES string of the molecule is CC[C@@H]1C[C@]1(NC(=O)[C@@H]1C[C@@H](Oc2cc(NCCOC)nc3c(Cl)c(OCCN4CCOCC4)ccc23)CN1C(=O)[C@@H](NC(=O)OC1C[C@@H]2C[C@@H]2C1)C(C)(C)C)C(=O)O. The van der Waals surface area contributed by atoms with Gasteiger partial charge in [-0.05, 0) is 61.0 Å². The van der Waals surface area contributed by atoms with E-state index in [0.717, 1.165) is 25.9 Å². The molecule has 1 aromatic carbocycles. The normalized spacial score (nSPS) is 28.1. The third-order valence-electron chi connectivity index (χ3n) is 12.5. The van der Waals surface area contributed by atoms with E-state index >= 15 is 0 Å². The number of carbonyl (C=O) groups excluding carboxylic acids is 3. The van der Waals surface area contributed by atoms with Crippen LogP contribution < -0.4 is 25.4 Å². The van der Waals surface area contributed by atoms with Crippen molar-refractivity contribution in [1.29, 1.82) is 0 Å². The molecule has 0 bridgehead atoms. The smallest absolute Gasteiger partial charge is 0.408 e. The number of carboxylic acids is 1. The van der Waals surface area contributed by atoms with Gasteiger partial charge in [-0.2, -0.15) is 0 Å². The van der Waals surface area contributed by atoms with Crippen LogP contribution in [0.15, 0.2) is 18.2 Å². The van der Waals surface area contributed by atoms with Gasteiger partial charge in [0.15, 0.2) is 0 Å². The summed E-state index contributed by atoms with van der Waals surface area (Å²) in [5, 5.41) is 20.0. The van der Waals surface area contributed by atoms with Crippen LogP contribution in [-0.2, 0) is 28.6 Å². The number of nitrogens with one attached hydrogen (secondary N) is 3. The molecule has 5 aliphatic rings. The molecule has 2 aromatic rings. The number of carboxylic acid groups (broad SMARTS) is 1. The first-order valence-electron chi connectivity index (χ1n) is 21.0. The number of aliphatic carboxylic acids is 1. The number of methoxy groups -OCH3 is 1. The molecule has 0 spiro atoms. The number of rotatable bonds is 17. The standard InChI is InChI=1S/C42H59ClN6O10/c1-6-26-22-42(26,39(52)53)47-37(50)30-20-28(23-49(30)38(51)36(41(2,3)4)46-40(54)59-27-18-24-17-25(24)19-27)58-32-21-33(44-9-13-55-5)45-35-29(32)7-8-31(34(35)43)57-16-12-48-10-14-56-15-11-48/h7-8,21,24-28,30,36H,6,9-20,22-23H2,1-5H3,(H,44,45)(H,46,54)(H,47,50)(H,52,53)/t24-,25+,26-,27?,28-,30+,36-,42-/m1/s1. The zero-order valence-corrected chi connectivity index (χ0v) is 35.5. The Morgan fingerprint density at radius 2 is 1.80 bits per heavy atom. The number of ether oxygens (including phenoxy) is 5. The number of anilines is 1. The second-order valence-electron chi connectivity index (χ2n) is 17.8. The van der Waals surface area contributed by atoms with Crippen molar-refractivity contribution in [2.75, 3.05) is 71.6 Å². The van der Waals surface area contributed by atoms with Crippen molar-refractivity contribution in [3.8, 4) is 11.5 Å². The lowest BCUT2D eigenvalue weighted by atomic mass is 9.85. The lowest BCUT2D eigenvalue weighted by Crippen LogP contribution is -2.59. The summed E-state index contributed by atoms with van der Waals surface area (Å²) in [4.78, 5) is 63.1. The molecule has 2 aliphatic heterocycles. The Hall–Kier alpha value is -4.12. The molecule has 7 rings (SSSR count). The highest BCUT2D eigenvalue weighted by molar-refractivity contribution is 6.36. The molecule has 17 heteroatoms. The molecule has 4 N–H and O–H groups in total. The van der Waals surface area contributed by atoms with Gasteiger partial charge >= 0.3 is 12.1 Å². The van der Waals surface area contributed by atoms with E-state index < -0.39 is 53.0 Å². The van der Waals surface area contributed by atoms with Crippen molar-refractivity contribution in [2.24, 2.45) is 23.2 Å². The van der Waals surface area contributed by atoms with Gasteiger partial charge in [0.1, 0.15) is 58.8 Å². The Bertz CT molecular complexity index is 1880. The largest absolute Gasteiger partial charge is 0.491 e. The van der Waals surface area contributed by atoms with Crippen LogP contribution >= 0.6 is 11.6 Å². The highest BCUT2D eigenvalue weighted by Crippen LogP contribution is 2.52. The number of halogens is 1. The first-order chi connectivity index (χ1) is 28.2. The number of hydrogen-bond donors (Lipinski definition) is 4. The summed E-state index contributed by atoms with van der Waals surface area (Å²) >= 11 is 6.99. The van der Waals surface area contributed by atoms with Crippen LogP contribution in [0.25, 0.3) is 10.9 Å². The summed E-state index contributed by atoms with van der Waals surface area (Å²) in [7, 11) is 1.60. The van der Waals surface area contributed by atoms with Crippen molar-refractivity contribution >= 4 is 52.2 Å². The van der Waals surface area contributed by atoms with Crippen LogP contribution in [0, 0.1) is 23.2 Å². The number of amides is 3. The van der Waals surface area contributed by atoms with Crippen LogP contribution in [0.1, 0.15) is 66.2 Å². The van der Waals surface area contributed by atoms with Gasteiger partial charge in [0.2, 0.25) is 11.8 Å². The summed E-state index contributed by atoms with van der Waals surface area (Å²) in [6, 6.07) is 3.19. The molecule has 3 heterocycles. The Labute approximate surface area is 350 Å². The number of aromatic nitrogens is 1. The maximum absolute atomic E-state index is 14.7. The van der Waals surface area contributed by atoms with Crippen LogP contribution in [0.5, 0.6) is 11.5 Å². The van der Waals surface area contributed by atoms with Gasteiger partial charge < -0.3 is 49.6 Å². The van der Waals surface area contributed by atoms with E-state index in [2.05, 4.69) is 20.9 Å². The molecule has 1 aromatic heterocycles. The van der Waals surface area contributed by atoms with E-state index in [1.165, 1.54) is 11.3 Å². The monoisotopic (exact) mass is 842 g/mol. The quantitative estimate of drug-likeness (QED) is 0.165. The first-order valence-corrected chi connectivity index (χ1v) is 21.4. The van der Waals surface area contributed by atoms with Crippen molar-refractivity contribution in [1.82, 2.24) is 25.4 Å². The minimum absolute atomic E-state index is 0.0176. The molecule has 8 atom stereocenters. The number of carbonyl (C=O) groups is 4. The topological polar surface area (TPSA) is 190 Å². The molecule has 1 unspecified atom stereocenters. The average molecular weight is 843 g/mol. The second-order valence-corrected chi connectivity index (χ2v) is 18.1. The average Bonchev–Trinajstić information content (AvgIpc) is 4.01. The highest BCUT2D eigenvalue weighted by Gasteiger charge is 2.61. The Kier molecular flexibility index (Phi) is 13.0. The number of pyridine rings is 1. The van der Waals surface area contributed by atoms with E-state index in [-0.39, 0.29) is 25.0 Å². The van der Waals surface area contributed by atoms with E-state index in [4.69, 9.17) is 40.3 Å². The van der Waals surface area contributed by atoms with Gasteiger partial charge in [0, 0.05) is 51.2 Å². The van der Waals surface area contributed by atoms with Gasteiger partial charge in [-0.25, -0.2) is 14.6 Å². The minimum Gasteiger partial charge on any atom is -0.491 e. The molecule has 324 valence electrons. The summed E-state index contributed by atoms with van der Waals surface area (Å²) in [6.45, 7) is 12.4. The molecular weight excluding hydrogens is 784 g/mol. The van der Waals surface area contributed by atoms with Gasteiger partial charge in [-0.1, -0.05) is 45.7 Å². The molecule has 3 saturated carbocycles. The zero-order valence-electron chi connectivity index (χ0n) is 34.7. The van der Waals surface area contributed by atoms with E-state index in [1.54, 1.807) is 19.2 Å². The second kappa shape index (κ2) is 17.8. The predicted octanol–water partition coefficient (Wildman–Crippen LogP) is 4.31. The van der Waals surface area contributed by atoms with Crippen molar-refractivity contribution < 1.29 is 48.0 Å². The van der Waals surface area contributed by atoms with Crippen LogP contribution in [0.3, 0.4) is 0 Å². The lowest BCUT2D eigenvalue weighted by Gasteiger charge is -2.35. The summed E-state index contributed by atoms with van der Waals surface area (Å²) in [5.41, 5.74) is -1.75. The number of hydrogen-bond acceptors (Lipinski definition) is 12. The number of fused-ring (bicyclic) bond motifs is 2. The van der Waals surface area contributed by atoms with Crippen molar-refractivity contribution in [2.45, 2.75) is 96.1 Å². The van der Waals surface area contributed by atoms with Crippen molar-refractivity contribution in [3.63, 3.8) is 0 Å². The Balaban J connectivity index is 1.14. The first kappa shape index (κ1) is 43.0. The highest BCUT2D eigenvalue weighted by atomic mass is 35.5. The lowest BCUT2D eigenvalue weighted by molar-refractivity contribution is -0.146. The molecule has 59 heavy (non-hydrogen) atoms. The fourth-order valence-electron chi connectivity index (χ4n) is 8.92. The van der Waals surface area contributed by atoms with Gasteiger partial charge in [0.25, 0.3) is 0 Å². The summed E-state index contributed by atoms with van der Waals surface area (Å²) in [6.07, 6.45) is 2.18. The number of benzene rings is 1. The maximum Gasteiger partial charge on any atom is 0.408 e. The van der Waals surface area contributed by atoms with Gasteiger partial charge in [-0.3, -0.25) is 14.5 Å². The molecule has 2 saturated heterocycles. The van der Waals surface area contributed by atoms with Gasteiger partial charge in [0.05, 0.1) is 31.9 Å². The fraction of sp³-hybridized carbons (Fsp3) is 0.690. The van der Waals surface area contributed by atoms with E-state index in [1.807, 2.05) is 33.8 Å². The van der Waals surface area contributed by atoms with E-state index in [0.29, 0.717) is 97.4 Å². The molecule has 16 nitrogen and oxygen atoms in total. The van der Waals surface area contributed by atoms with Crippen LogP contribution in [0.2, 0.25) is 5.02 Å². The molecule has 3 aliphatic carbocycles. The molecule has 3 amide bonds. The third kappa shape index (κ3) is 9.76. The minimum atomic E-state index is -1.41. The summed E-state index contributed by atoms with van der Waals surface area (Å²) in [5.74, 6) is 0.131. The molecule has 0 radical (unpaired) electrons. The van der Waals surface area contributed by atoms with Crippen LogP contribution in [0.4, 0.5) is 10.6 Å². The van der Waals surface area contributed by atoms with Crippen LogP contribution in [-0.4, -0.2) is 140 Å². The number of alkyl carbamates (subject to hydrolysis) is 1. The van der Waals surface area contributed by atoms with E-state index in [9.17, 15) is 24.3 Å². The number of likely N-dealkylation sites (tertiary alicyclic amines) is 1. The Morgan fingerprint density at radius 3 is 2.46 bits per heavy atom. The Morgan fingerprint density at radius 1 is 1.05 bits per heavy atom. The zero-order chi connectivity index (χ0) is 42.1. The van der Waals surface area contributed by atoms with Gasteiger partial charge in [-0.15, -0.1) is 0 Å². The fourth-order valence-corrected chi connectivity index (χ4v) is 9.18. The van der Waals surface area contributed by atoms with Crippen molar-refractivity contribution in [3.05, 3.63) is 23.2 Å². The predicted molar refractivity (Wildman–Crippen MR) is 219 cm³/mol. The number of nitrogens with zero attached hydrogens (tertiary/aromatic N) is 3. The molecule has 5 fully saturated rings.